The zero-order valence-electron chi connectivity index (χ0n) is 12.8. The lowest BCUT2D eigenvalue weighted by atomic mass is 9.93. The molecule has 108 valence electrons. The fourth-order valence-corrected chi connectivity index (χ4v) is 2.31. The summed E-state index contributed by atoms with van der Waals surface area (Å²) in [5.41, 5.74) is 1.23. The first kappa shape index (κ1) is 16.0. The van der Waals surface area contributed by atoms with Gasteiger partial charge in [-0.2, -0.15) is 0 Å². The normalized spacial score (nSPS) is 14.4. The monoisotopic (exact) mass is 265 g/mol. The summed E-state index contributed by atoms with van der Waals surface area (Å²) >= 11 is 0. The Balaban J connectivity index is 2.81. The molecule has 0 saturated heterocycles. The molecule has 0 fully saturated rings. The molecule has 0 aliphatic heterocycles. The second kappa shape index (κ2) is 8.18. The molecule has 0 bridgehead atoms. The lowest BCUT2D eigenvalue weighted by molar-refractivity contribution is 0.0348. The predicted octanol–water partition coefficient (Wildman–Crippen LogP) is 3.41. The van der Waals surface area contributed by atoms with Crippen molar-refractivity contribution in [2.45, 2.75) is 39.3 Å². The summed E-state index contributed by atoms with van der Waals surface area (Å²) in [6, 6.07) is 8.48. The minimum atomic E-state index is 0.160. The lowest BCUT2D eigenvalue weighted by Crippen LogP contribution is -2.34. The highest BCUT2D eigenvalue weighted by Crippen LogP contribution is 2.25. The van der Waals surface area contributed by atoms with Crippen LogP contribution in [0.5, 0.6) is 5.75 Å². The first-order valence-corrected chi connectivity index (χ1v) is 7.06. The van der Waals surface area contributed by atoms with E-state index in [0.29, 0.717) is 5.92 Å². The zero-order valence-corrected chi connectivity index (χ0v) is 12.8. The van der Waals surface area contributed by atoms with Crippen molar-refractivity contribution in [2.24, 2.45) is 5.92 Å². The molecule has 0 spiro atoms. The Morgan fingerprint density at radius 1 is 1.16 bits per heavy atom. The van der Waals surface area contributed by atoms with Gasteiger partial charge in [-0.3, -0.25) is 0 Å². The minimum absolute atomic E-state index is 0.160. The average Bonchev–Trinajstić information content (AvgIpc) is 2.42. The van der Waals surface area contributed by atoms with Gasteiger partial charge in [0.1, 0.15) is 5.75 Å². The molecule has 0 heterocycles. The molecule has 3 heteroatoms. The fraction of sp³-hybridized carbons (Fsp3) is 0.625. The molecule has 0 aromatic heterocycles. The van der Waals surface area contributed by atoms with Crippen LogP contribution in [0, 0.1) is 5.92 Å². The zero-order chi connectivity index (χ0) is 14.3. The van der Waals surface area contributed by atoms with Crippen molar-refractivity contribution in [3.63, 3.8) is 0 Å². The van der Waals surface area contributed by atoms with Crippen LogP contribution in [0.1, 0.15) is 38.8 Å². The molecular formula is C16H27NO2. The van der Waals surface area contributed by atoms with Crippen LogP contribution in [0.3, 0.4) is 0 Å². The summed E-state index contributed by atoms with van der Waals surface area (Å²) in [5.74, 6) is 1.39. The number of rotatable bonds is 8. The second-order valence-corrected chi connectivity index (χ2v) is 5.13. The molecule has 0 amide bonds. The number of hydrogen-bond acceptors (Lipinski definition) is 3. The third kappa shape index (κ3) is 4.51. The number of methoxy groups -OCH3 is 1. The van der Waals surface area contributed by atoms with E-state index in [1.54, 1.807) is 7.11 Å². The van der Waals surface area contributed by atoms with Gasteiger partial charge in [-0.05, 0) is 37.1 Å². The highest BCUT2D eigenvalue weighted by Gasteiger charge is 2.24. The van der Waals surface area contributed by atoms with Crippen molar-refractivity contribution in [3.05, 3.63) is 29.8 Å². The SMILES string of the molecule is CCCOc1ccc(C(NC)C(OC)C(C)C)cc1. The van der Waals surface area contributed by atoms with E-state index < -0.39 is 0 Å². The first-order valence-electron chi connectivity index (χ1n) is 7.06. The van der Waals surface area contributed by atoms with Crippen LogP contribution >= 0.6 is 0 Å². The molecule has 1 aromatic carbocycles. The Morgan fingerprint density at radius 3 is 2.21 bits per heavy atom. The van der Waals surface area contributed by atoms with E-state index in [2.05, 4.69) is 38.2 Å². The van der Waals surface area contributed by atoms with Crippen LogP contribution < -0.4 is 10.1 Å². The minimum Gasteiger partial charge on any atom is -0.494 e. The maximum Gasteiger partial charge on any atom is 0.119 e. The smallest absolute Gasteiger partial charge is 0.119 e. The summed E-state index contributed by atoms with van der Waals surface area (Å²) in [6.07, 6.45) is 1.19. The van der Waals surface area contributed by atoms with Crippen molar-refractivity contribution in [3.8, 4) is 5.75 Å². The molecule has 0 aliphatic rings. The van der Waals surface area contributed by atoms with E-state index >= 15 is 0 Å². The highest BCUT2D eigenvalue weighted by molar-refractivity contribution is 5.29. The largest absolute Gasteiger partial charge is 0.494 e. The van der Waals surface area contributed by atoms with E-state index in [1.165, 1.54) is 5.56 Å². The summed E-state index contributed by atoms with van der Waals surface area (Å²) in [4.78, 5) is 0. The molecule has 0 radical (unpaired) electrons. The number of ether oxygens (including phenoxy) is 2. The van der Waals surface area contributed by atoms with E-state index in [9.17, 15) is 0 Å². The Hall–Kier alpha value is -1.06. The van der Waals surface area contributed by atoms with Gasteiger partial charge in [-0.1, -0.05) is 32.9 Å². The Morgan fingerprint density at radius 2 is 1.79 bits per heavy atom. The molecule has 0 saturated carbocycles. The van der Waals surface area contributed by atoms with Gasteiger partial charge in [0.2, 0.25) is 0 Å². The van der Waals surface area contributed by atoms with Crippen molar-refractivity contribution >= 4 is 0 Å². The maximum absolute atomic E-state index is 5.62. The molecular weight excluding hydrogens is 238 g/mol. The van der Waals surface area contributed by atoms with Gasteiger partial charge in [0.05, 0.1) is 18.8 Å². The lowest BCUT2D eigenvalue weighted by Gasteiger charge is -2.29. The van der Waals surface area contributed by atoms with Crippen molar-refractivity contribution in [2.75, 3.05) is 20.8 Å². The van der Waals surface area contributed by atoms with Gasteiger partial charge < -0.3 is 14.8 Å². The van der Waals surface area contributed by atoms with Crippen LogP contribution in [-0.2, 0) is 4.74 Å². The van der Waals surface area contributed by atoms with Gasteiger partial charge in [-0.15, -0.1) is 0 Å². The van der Waals surface area contributed by atoms with E-state index in [1.807, 2.05) is 19.2 Å². The third-order valence-corrected chi connectivity index (χ3v) is 3.28. The van der Waals surface area contributed by atoms with Crippen LogP contribution in [-0.4, -0.2) is 26.9 Å². The van der Waals surface area contributed by atoms with Crippen molar-refractivity contribution in [1.82, 2.24) is 5.32 Å². The maximum atomic E-state index is 5.62. The molecule has 2 atom stereocenters. The Bertz CT molecular complexity index is 348. The number of benzene rings is 1. The molecule has 19 heavy (non-hydrogen) atoms. The summed E-state index contributed by atoms with van der Waals surface area (Å²) in [6.45, 7) is 7.23. The third-order valence-electron chi connectivity index (χ3n) is 3.28. The van der Waals surface area contributed by atoms with Crippen molar-refractivity contribution < 1.29 is 9.47 Å². The van der Waals surface area contributed by atoms with Crippen LogP contribution in [0.15, 0.2) is 24.3 Å². The molecule has 1 N–H and O–H groups in total. The highest BCUT2D eigenvalue weighted by atomic mass is 16.5. The number of likely N-dealkylation sites (N-methyl/N-ethyl adjacent to an activating group) is 1. The average molecular weight is 265 g/mol. The summed E-state index contributed by atoms with van der Waals surface area (Å²) in [5, 5.41) is 3.35. The Kier molecular flexibility index (Phi) is 6.89. The van der Waals surface area contributed by atoms with Gasteiger partial charge in [0.25, 0.3) is 0 Å². The van der Waals surface area contributed by atoms with Crippen LogP contribution in [0.25, 0.3) is 0 Å². The summed E-state index contributed by atoms with van der Waals surface area (Å²) < 4.78 is 11.2. The number of nitrogens with one attached hydrogen (secondary N) is 1. The molecule has 1 aromatic rings. The van der Waals surface area contributed by atoms with Gasteiger partial charge in [0, 0.05) is 7.11 Å². The van der Waals surface area contributed by atoms with E-state index in [4.69, 9.17) is 9.47 Å². The summed E-state index contributed by atoms with van der Waals surface area (Å²) in [7, 11) is 3.74. The van der Waals surface area contributed by atoms with E-state index in [-0.39, 0.29) is 12.1 Å². The van der Waals surface area contributed by atoms with Crippen LogP contribution in [0.2, 0.25) is 0 Å². The van der Waals surface area contributed by atoms with Crippen molar-refractivity contribution in [1.29, 1.82) is 0 Å². The topological polar surface area (TPSA) is 30.5 Å². The van der Waals surface area contributed by atoms with Gasteiger partial charge in [-0.25, -0.2) is 0 Å². The van der Waals surface area contributed by atoms with Gasteiger partial charge in [0.15, 0.2) is 0 Å². The molecule has 3 nitrogen and oxygen atoms in total. The van der Waals surface area contributed by atoms with Gasteiger partial charge >= 0.3 is 0 Å². The predicted molar refractivity (Wildman–Crippen MR) is 79.7 cm³/mol. The Labute approximate surface area is 117 Å². The standard InChI is InChI=1S/C16H27NO2/c1-6-11-19-14-9-7-13(8-10-14)15(17-4)16(18-5)12(2)3/h7-10,12,15-17H,6,11H2,1-5H3. The first-order chi connectivity index (χ1) is 9.13. The number of hydrogen-bond donors (Lipinski definition) is 1. The van der Waals surface area contributed by atoms with E-state index in [0.717, 1.165) is 18.8 Å². The molecule has 1 rings (SSSR count). The quantitative estimate of drug-likeness (QED) is 0.781. The molecule has 0 aliphatic carbocycles. The molecule has 2 unspecified atom stereocenters. The second-order valence-electron chi connectivity index (χ2n) is 5.13. The van der Waals surface area contributed by atoms with Crippen LogP contribution in [0.4, 0.5) is 0 Å². The fourth-order valence-electron chi connectivity index (χ4n) is 2.31.